The number of rotatable bonds is 1. The standard InChI is InChI=1S/C18H35NO/c1-16-12-14-19(15-13-16)17-10-8-6-4-2-3-5-7-9-11-18(17)20/h16-18,20H,2-15H2,1H3. The summed E-state index contributed by atoms with van der Waals surface area (Å²) in [5.74, 6) is 0.884. The van der Waals surface area contributed by atoms with Crippen LogP contribution in [0.1, 0.15) is 84.0 Å². The zero-order valence-electron chi connectivity index (χ0n) is 13.5. The molecule has 1 N–H and O–H groups in total. The molecule has 2 aliphatic rings. The molecule has 0 aromatic carbocycles. The number of hydrogen-bond acceptors (Lipinski definition) is 2. The van der Waals surface area contributed by atoms with Crippen LogP contribution in [0.4, 0.5) is 0 Å². The van der Waals surface area contributed by atoms with Crippen LogP contribution in [0, 0.1) is 5.92 Å². The van der Waals surface area contributed by atoms with Gasteiger partial charge in [-0.05, 0) is 44.7 Å². The van der Waals surface area contributed by atoms with Gasteiger partial charge in [0.25, 0.3) is 0 Å². The molecule has 118 valence electrons. The Kier molecular flexibility index (Phi) is 7.37. The van der Waals surface area contributed by atoms with Crippen molar-refractivity contribution in [3.8, 4) is 0 Å². The zero-order valence-corrected chi connectivity index (χ0v) is 13.5. The maximum Gasteiger partial charge on any atom is 0.0695 e. The summed E-state index contributed by atoms with van der Waals surface area (Å²) in [7, 11) is 0. The molecule has 2 nitrogen and oxygen atoms in total. The first-order chi connectivity index (χ1) is 9.77. The Morgan fingerprint density at radius 3 is 1.80 bits per heavy atom. The van der Waals surface area contributed by atoms with E-state index in [4.69, 9.17) is 0 Å². The van der Waals surface area contributed by atoms with E-state index in [0.717, 1.165) is 12.3 Å². The largest absolute Gasteiger partial charge is 0.391 e. The molecule has 1 aliphatic heterocycles. The van der Waals surface area contributed by atoms with Gasteiger partial charge in [0.1, 0.15) is 0 Å². The van der Waals surface area contributed by atoms with E-state index in [1.54, 1.807) is 0 Å². The maximum absolute atomic E-state index is 10.6. The number of aliphatic hydroxyl groups excluding tert-OH is 1. The highest BCUT2D eigenvalue weighted by atomic mass is 16.3. The van der Waals surface area contributed by atoms with E-state index >= 15 is 0 Å². The highest BCUT2D eigenvalue weighted by Crippen LogP contribution is 2.25. The first-order valence-electron chi connectivity index (χ1n) is 9.19. The Bertz CT molecular complexity index is 248. The van der Waals surface area contributed by atoms with Gasteiger partial charge in [0.05, 0.1) is 6.10 Å². The Labute approximate surface area is 125 Å². The Hall–Kier alpha value is -0.0800. The fourth-order valence-electron chi connectivity index (χ4n) is 3.94. The molecular formula is C18H35NO. The Morgan fingerprint density at radius 2 is 1.20 bits per heavy atom. The molecule has 0 aromatic heterocycles. The third-order valence-electron chi connectivity index (χ3n) is 5.48. The Morgan fingerprint density at radius 1 is 0.700 bits per heavy atom. The molecule has 1 aliphatic carbocycles. The van der Waals surface area contributed by atoms with Crippen molar-refractivity contribution in [2.24, 2.45) is 5.92 Å². The molecule has 2 rings (SSSR count). The number of piperidine rings is 1. The third kappa shape index (κ3) is 5.37. The molecular weight excluding hydrogens is 246 g/mol. The molecule has 0 radical (unpaired) electrons. The van der Waals surface area contributed by atoms with E-state index < -0.39 is 0 Å². The zero-order chi connectivity index (χ0) is 14.2. The van der Waals surface area contributed by atoms with Gasteiger partial charge in [0.15, 0.2) is 0 Å². The minimum Gasteiger partial charge on any atom is -0.391 e. The molecule has 0 bridgehead atoms. The van der Waals surface area contributed by atoms with E-state index in [2.05, 4.69) is 11.8 Å². The van der Waals surface area contributed by atoms with Crippen molar-refractivity contribution in [3.63, 3.8) is 0 Å². The van der Waals surface area contributed by atoms with Gasteiger partial charge in [-0.25, -0.2) is 0 Å². The summed E-state index contributed by atoms with van der Waals surface area (Å²) in [6, 6.07) is 0.446. The van der Waals surface area contributed by atoms with E-state index in [0.29, 0.717) is 6.04 Å². The first-order valence-corrected chi connectivity index (χ1v) is 9.19. The van der Waals surface area contributed by atoms with E-state index in [9.17, 15) is 5.11 Å². The minimum atomic E-state index is -0.0807. The summed E-state index contributed by atoms with van der Waals surface area (Å²) < 4.78 is 0. The number of nitrogens with zero attached hydrogens (tertiary/aromatic N) is 1. The fraction of sp³-hybridized carbons (Fsp3) is 1.00. The quantitative estimate of drug-likeness (QED) is 0.772. The normalized spacial score (nSPS) is 33.3. The fourth-order valence-corrected chi connectivity index (χ4v) is 3.94. The lowest BCUT2D eigenvalue weighted by Crippen LogP contribution is -2.47. The van der Waals surface area contributed by atoms with E-state index in [-0.39, 0.29) is 6.10 Å². The van der Waals surface area contributed by atoms with Gasteiger partial charge in [0.2, 0.25) is 0 Å². The van der Waals surface area contributed by atoms with Gasteiger partial charge in [-0.3, -0.25) is 4.90 Å². The number of likely N-dealkylation sites (tertiary alicyclic amines) is 1. The van der Waals surface area contributed by atoms with Crippen molar-refractivity contribution in [2.45, 2.75) is 96.1 Å². The molecule has 0 spiro atoms. The van der Waals surface area contributed by atoms with Crippen LogP contribution < -0.4 is 0 Å². The SMILES string of the molecule is CC1CCN(C2CCCCCCCCCCC2O)CC1. The first kappa shape index (κ1) is 16.3. The van der Waals surface area contributed by atoms with Crippen molar-refractivity contribution in [1.29, 1.82) is 0 Å². The summed E-state index contributed by atoms with van der Waals surface area (Å²) in [6.45, 7) is 4.79. The molecule has 2 atom stereocenters. The van der Waals surface area contributed by atoms with Gasteiger partial charge < -0.3 is 5.11 Å². The lowest BCUT2D eigenvalue weighted by Gasteiger charge is -2.39. The van der Waals surface area contributed by atoms with Gasteiger partial charge in [-0.2, -0.15) is 0 Å². The predicted molar refractivity (Wildman–Crippen MR) is 85.9 cm³/mol. The molecule has 0 aromatic rings. The number of aliphatic hydroxyl groups is 1. The van der Waals surface area contributed by atoms with Crippen LogP contribution in [0.3, 0.4) is 0 Å². The summed E-state index contributed by atoms with van der Waals surface area (Å²) in [5, 5.41) is 10.6. The number of hydrogen-bond donors (Lipinski definition) is 1. The van der Waals surface area contributed by atoms with Gasteiger partial charge in [-0.1, -0.05) is 58.3 Å². The highest BCUT2D eigenvalue weighted by Gasteiger charge is 2.28. The minimum absolute atomic E-state index is 0.0807. The maximum atomic E-state index is 10.6. The van der Waals surface area contributed by atoms with Crippen LogP contribution in [-0.4, -0.2) is 35.2 Å². The molecule has 1 saturated carbocycles. The van der Waals surface area contributed by atoms with Crippen LogP contribution in [-0.2, 0) is 0 Å². The average molecular weight is 281 g/mol. The summed E-state index contributed by atoms with van der Waals surface area (Å²) >= 11 is 0. The van der Waals surface area contributed by atoms with Crippen molar-refractivity contribution < 1.29 is 5.11 Å². The lowest BCUT2D eigenvalue weighted by atomic mass is 9.91. The van der Waals surface area contributed by atoms with Crippen molar-refractivity contribution in [2.75, 3.05) is 13.1 Å². The van der Waals surface area contributed by atoms with Crippen LogP contribution >= 0.6 is 0 Å². The summed E-state index contributed by atoms with van der Waals surface area (Å²) in [4.78, 5) is 2.61. The molecule has 2 unspecified atom stereocenters. The van der Waals surface area contributed by atoms with Gasteiger partial charge >= 0.3 is 0 Å². The highest BCUT2D eigenvalue weighted by molar-refractivity contribution is 4.83. The monoisotopic (exact) mass is 281 g/mol. The molecule has 2 fully saturated rings. The molecule has 2 heteroatoms. The van der Waals surface area contributed by atoms with Crippen LogP contribution in [0.2, 0.25) is 0 Å². The Balaban J connectivity index is 1.87. The molecule has 1 heterocycles. The second-order valence-electron chi connectivity index (χ2n) is 7.26. The summed E-state index contributed by atoms with van der Waals surface area (Å²) in [5.41, 5.74) is 0. The van der Waals surface area contributed by atoms with Crippen molar-refractivity contribution in [3.05, 3.63) is 0 Å². The summed E-state index contributed by atoms with van der Waals surface area (Å²) in [6.07, 6.45) is 15.6. The molecule has 1 saturated heterocycles. The van der Waals surface area contributed by atoms with Crippen LogP contribution in [0.5, 0.6) is 0 Å². The topological polar surface area (TPSA) is 23.5 Å². The van der Waals surface area contributed by atoms with Crippen molar-refractivity contribution in [1.82, 2.24) is 4.90 Å². The second kappa shape index (κ2) is 9.04. The van der Waals surface area contributed by atoms with Crippen LogP contribution in [0.25, 0.3) is 0 Å². The molecule has 20 heavy (non-hydrogen) atoms. The second-order valence-corrected chi connectivity index (χ2v) is 7.26. The van der Waals surface area contributed by atoms with Gasteiger partial charge in [0, 0.05) is 6.04 Å². The van der Waals surface area contributed by atoms with Gasteiger partial charge in [-0.15, -0.1) is 0 Å². The lowest BCUT2D eigenvalue weighted by molar-refractivity contribution is 0.0189. The van der Waals surface area contributed by atoms with Crippen LogP contribution in [0.15, 0.2) is 0 Å². The van der Waals surface area contributed by atoms with E-state index in [1.807, 2.05) is 0 Å². The molecule has 0 amide bonds. The average Bonchev–Trinajstić information content (AvgIpc) is 2.44. The van der Waals surface area contributed by atoms with E-state index in [1.165, 1.54) is 83.7 Å². The smallest absolute Gasteiger partial charge is 0.0695 e. The third-order valence-corrected chi connectivity index (χ3v) is 5.48. The van der Waals surface area contributed by atoms with Crippen molar-refractivity contribution >= 4 is 0 Å². The predicted octanol–water partition coefficient (Wildman–Crippen LogP) is 4.36.